The molecule has 2 rings (SSSR count). The highest BCUT2D eigenvalue weighted by Gasteiger charge is 2.04. The minimum absolute atomic E-state index is 0.182. The number of hydrogen-bond acceptors (Lipinski definition) is 2. The van der Waals surface area contributed by atoms with Crippen molar-refractivity contribution in [2.75, 3.05) is 0 Å². The van der Waals surface area contributed by atoms with Gasteiger partial charge in [-0.15, -0.1) is 0 Å². The summed E-state index contributed by atoms with van der Waals surface area (Å²) in [5, 5.41) is 0. The van der Waals surface area contributed by atoms with Gasteiger partial charge in [-0.3, -0.25) is 0 Å². The summed E-state index contributed by atoms with van der Waals surface area (Å²) >= 11 is 3.22. The second kappa shape index (κ2) is 7.36. The zero-order chi connectivity index (χ0) is 15.2. The number of ketones is 1. The third-order valence-corrected chi connectivity index (χ3v) is 3.59. The van der Waals surface area contributed by atoms with Crippen molar-refractivity contribution in [3.05, 3.63) is 63.9 Å². The van der Waals surface area contributed by atoms with Crippen LogP contribution in [0.25, 0.3) is 0 Å². The lowest BCUT2D eigenvalue weighted by molar-refractivity contribution is -0.116. The minimum atomic E-state index is -0.289. The van der Waals surface area contributed by atoms with Crippen molar-refractivity contribution in [2.24, 2.45) is 0 Å². The van der Waals surface area contributed by atoms with Gasteiger partial charge in [0, 0.05) is 16.5 Å². The molecular formula is C17H16BrFO2. The van der Waals surface area contributed by atoms with Gasteiger partial charge in [-0.25, -0.2) is 4.39 Å². The molecule has 0 saturated carbocycles. The molecule has 0 N–H and O–H groups in total. The first-order valence-corrected chi connectivity index (χ1v) is 7.49. The lowest BCUT2D eigenvalue weighted by Crippen LogP contribution is -1.99. The number of ether oxygens (including phenoxy) is 1. The number of halogens is 2. The normalized spacial score (nSPS) is 10.4. The Kier molecular flexibility index (Phi) is 5.51. The largest absolute Gasteiger partial charge is 0.489 e. The van der Waals surface area contributed by atoms with Crippen molar-refractivity contribution in [3.8, 4) is 5.75 Å². The van der Waals surface area contributed by atoms with E-state index in [1.54, 1.807) is 19.1 Å². The second-order valence-corrected chi connectivity index (χ2v) is 5.79. The molecule has 0 atom stereocenters. The maximum Gasteiger partial charge on any atom is 0.130 e. The zero-order valence-corrected chi connectivity index (χ0v) is 13.3. The Labute approximate surface area is 132 Å². The number of carbonyl (C=O) groups excluding carboxylic acids is 1. The summed E-state index contributed by atoms with van der Waals surface area (Å²) in [5.41, 5.74) is 1.60. The molecule has 4 heteroatoms. The summed E-state index contributed by atoms with van der Waals surface area (Å²) < 4.78 is 19.9. The average Bonchev–Trinajstić information content (AvgIpc) is 2.45. The smallest absolute Gasteiger partial charge is 0.130 e. The topological polar surface area (TPSA) is 26.3 Å². The Morgan fingerprint density at radius 1 is 1.19 bits per heavy atom. The van der Waals surface area contributed by atoms with E-state index in [0.717, 1.165) is 12.0 Å². The molecule has 0 aromatic heterocycles. The first-order valence-electron chi connectivity index (χ1n) is 6.69. The van der Waals surface area contributed by atoms with Gasteiger partial charge in [0.05, 0.1) is 0 Å². The quantitative estimate of drug-likeness (QED) is 0.755. The molecule has 2 nitrogen and oxygen atoms in total. The van der Waals surface area contributed by atoms with Crippen LogP contribution in [0.15, 0.2) is 46.9 Å². The monoisotopic (exact) mass is 350 g/mol. The molecule has 0 unspecified atom stereocenters. The van der Waals surface area contributed by atoms with Crippen LogP contribution in [-0.2, 0) is 17.8 Å². The molecule has 0 aliphatic carbocycles. The fourth-order valence-electron chi connectivity index (χ4n) is 1.87. The Morgan fingerprint density at radius 3 is 2.52 bits per heavy atom. The number of rotatable bonds is 6. The predicted molar refractivity (Wildman–Crippen MR) is 83.9 cm³/mol. The summed E-state index contributed by atoms with van der Waals surface area (Å²) in [6.45, 7) is 1.77. The summed E-state index contributed by atoms with van der Waals surface area (Å²) in [4.78, 5) is 10.9. The molecular weight excluding hydrogens is 335 g/mol. The third kappa shape index (κ3) is 4.97. The third-order valence-electron chi connectivity index (χ3n) is 3.10. The van der Waals surface area contributed by atoms with Gasteiger partial charge in [-0.2, -0.15) is 0 Å². The van der Waals surface area contributed by atoms with Gasteiger partial charge in [0.15, 0.2) is 0 Å². The van der Waals surface area contributed by atoms with Crippen LogP contribution in [0, 0.1) is 5.82 Å². The summed E-state index contributed by atoms with van der Waals surface area (Å²) in [6, 6.07) is 12.4. The van der Waals surface area contributed by atoms with E-state index in [0.29, 0.717) is 22.2 Å². The first kappa shape index (κ1) is 15.7. The van der Waals surface area contributed by atoms with E-state index < -0.39 is 0 Å². The summed E-state index contributed by atoms with van der Waals surface area (Å²) in [5.74, 6) is 0.576. The lowest BCUT2D eigenvalue weighted by atomic mass is 10.1. The Hall–Kier alpha value is -1.68. The van der Waals surface area contributed by atoms with Crippen molar-refractivity contribution in [2.45, 2.75) is 26.4 Å². The van der Waals surface area contributed by atoms with Gasteiger partial charge in [0.25, 0.3) is 0 Å². The van der Waals surface area contributed by atoms with Crippen LogP contribution in [0.3, 0.4) is 0 Å². The number of Topliss-reactive ketones (excluding diaryl/α,β-unsaturated/α-hetero) is 1. The molecule has 0 amide bonds. The van der Waals surface area contributed by atoms with Gasteiger partial charge in [0.1, 0.15) is 24.0 Å². The van der Waals surface area contributed by atoms with Crippen LogP contribution < -0.4 is 4.74 Å². The van der Waals surface area contributed by atoms with Crippen LogP contribution in [0.5, 0.6) is 5.75 Å². The molecule has 2 aromatic carbocycles. The molecule has 21 heavy (non-hydrogen) atoms. The van der Waals surface area contributed by atoms with Gasteiger partial charge < -0.3 is 9.53 Å². The first-order chi connectivity index (χ1) is 10.0. The fourth-order valence-corrected chi connectivity index (χ4v) is 2.21. The molecule has 0 saturated heterocycles. The number of aryl methyl sites for hydroxylation is 1. The second-order valence-electron chi connectivity index (χ2n) is 4.87. The molecule has 0 aliphatic heterocycles. The molecule has 0 heterocycles. The van der Waals surface area contributed by atoms with Crippen molar-refractivity contribution in [1.82, 2.24) is 0 Å². The van der Waals surface area contributed by atoms with E-state index in [1.165, 1.54) is 6.07 Å². The lowest BCUT2D eigenvalue weighted by Gasteiger charge is -2.08. The highest BCUT2D eigenvalue weighted by molar-refractivity contribution is 9.10. The highest BCUT2D eigenvalue weighted by Crippen LogP contribution is 2.19. The fraction of sp³-hybridized carbons (Fsp3) is 0.235. The van der Waals surface area contributed by atoms with Gasteiger partial charge in [-0.05, 0) is 43.2 Å². The van der Waals surface area contributed by atoms with E-state index in [4.69, 9.17) is 4.74 Å². The van der Waals surface area contributed by atoms with Crippen molar-refractivity contribution < 1.29 is 13.9 Å². The van der Waals surface area contributed by atoms with Crippen LogP contribution in [0.4, 0.5) is 4.39 Å². The number of benzene rings is 2. The van der Waals surface area contributed by atoms with E-state index in [-0.39, 0.29) is 18.2 Å². The number of carbonyl (C=O) groups is 1. The van der Waals surface area contributed by atoms with Gasteiger partial charge >= 0.3 is 0 Å². The molecule has 0 spiro atoms. The molecule has 0 aliphatic rings. The van der Waals surface area contributed by atoms with E-state index in [2.05, 4.69) is 15.9 Å². The SMILES string of the molecule is CC(=O)CCc1ccc(OCc2ccc(Br)cc2F)cc1. The van der Waals surface area contributed by atoms with Crippen LogP contribution >= 0.6 is 15.9 Å². The van der Waals surface area contributed by atoms with E-state index in [1.807, 2.05) is 24.3 Å². The van der Waals surface area contributed by atoms with Crippen LogP contribution in [0.1, 0.15) is 24.5 Å². The number of hydrogen-bond donors (Lipinski definition) is 0. The molecule has 0 radical (unpaired) electrons. The maximum absolute atomic E-state index is 13.7. The Bertz CT molecular complexity index is 623. The maximum atomic E-state index is 13.7. The summed E-state index contributed by atoms with van der Waals surface area (Å²) in [6.07, 6.45) is 1.28. The standard InChI is InChI=1S/C17H16BrFO2/c1-12(20)2-3-13-4-8-16(9-5-13)21-11-14-6-7-15(18)10-17(14)19/h4-10H,2-3,11H2,1H3. The molecule has 2 aromatic rings. The predicted octanol–water partition coefficient (Wildman–Crippen LogP) is 4.69. The molecule has 0 fully saturated rings. The average molecular weight is 351 g/mol. The van der Waals surface area contributed by atoms with Gasteiger partial charge in [0.2, 0.25) is 0 Å². The highest BCUT2D eigenvalue weighted by atomic mass is 79.9. The van der Waals surface area contributed by atoms with Crippen LogP contribution in [-0.4, -0.2) is 5.78 Å². The Morgan fingerprint density at radius 2 is 1.90 bits per heavy atom. The minimum Gasteiger partial charge on any atom is -0.489 e. The van der Waals surface area contributed by atoms with Crippen molar-refractivity contribution in [1.29, 1.82) is 0 Å². The van der Waals surface area contributed by atoms with E-state index >= 15 is 0 Å². The molecule has 0 bridgehead atoms. The van der Waals surface area contributed by atoms with Crippen molar-refractivity contribution in [3.63, 3.8) is 0 Å². The van der Waals surface area contributed by atoms with E-state index in [9.17, 15) is 9.18 Å². The van der Waals surface area contributed by atoms with Gasteiger partial charge in [-0.1, -0.05) is 34.1 Å². The zero-order valence-electron chi connectivity index (χ0n) is 11.7. The molecule has 110 valence electrons. The summed E-state index contributed by atoms with van der Waals surface area (Å²) in [7, 11) is 0. The van der Waals surface area contributed by atoms with Crippen LogP contribution in [0.2, 0.25) is 0 Å². The Balaban J connectivity index is 1.92. The van der Waals surface area contributed by atoms with Crippen molar-refractivity contribution >= 4 is 21.7 Å².